The van der Waals surface area contributed by atoms with Gasteiger partial charge in [0.2, 0.25) is 0 Å². The van der Waals surface area contributed by atoms with E-state index in [0.717, 1.165) is 17.7 Å². The smallest absolute Gasteiger partial charge is 0.336 e. The Morgan fingerprint density at radius 2 is 1.87 bits per heavy atom. The lowest BCUT2D eigenvalue weighted by molar-refractivity contribution is -0.140. The second-order valence-electron chi connectivity index (χ2n) is 9.33. The molecule has 4 aromatic rings. The number of benzene rings is 3. The summed E-state index contributed by atoms with van der Waals surface area (Å²) in [5.74, 6) is -1.70. The molecule has 1 amide bonds. The molecule has 38 heavy (non-hydrogen) atoms. The number of carbonyl (C=O) groups is 1. The number of likely N-dealkylation sites (tertiary alicyclic amines) is 1. The zero-order valence-electron chi connectivity index (χ0n) is 19.9. The Hall–Kier alpha value is -3.21. The predicted octanol–water partition coefficient (Wildman–Crippen LogP) is 6.16. The number of alkyl halides is 3. The normalized spacial score (nSPS) is 18.1. The highest BCUT2D eigenvalue weighted by Crippen LogP contribution is 2.36. The van der Waals surface area contributed by atoms with Gasteiger partial charge in [0.1, 0.15) is 11.3 Å². The van der Waals surface area contributed by atoms with Gasteiger partial charge >= 0.3 is 6.18 Å². The number of aromatic nitrogens is 3. The Morgan fingerprint density at radius 3 is 2.58 bits per heavy atom. The van der Waals surface area contributed by atoms with E-state index in [1.807, 2.05) is 11.0 Å². The summed E-state index contributed by atoms with van der Waals surface area (Å²) >= 11 is 12.4. The fourth-order valence-corrected chi connectivity index (χ4v) is 5.23. The van der Waals surface area contributed by atoms with Gasteiger partial charge in [-0.1, -0.05) is 40.5 Å². The highest BCUT2D eigenvalue weighted by molar-refractivity contribution is 6.42. The molecule has 6 nitrogen and oxygen atoms in total. The molecule has 1 N–H and O–H groups in total. The Labute approximate surface area is 225 Å². The standard InChI is InChI=1S/C26H21Cl2F4N5O/c1-36(11-14-2-5-18(21(29)8-14)26(30,31)32)24-13-37(12-17(24)15-3-6-19(27)20(28)9-15)25(38)16-4-7-22-23(10-16)34-35-33-22/h2-10,17,24H,11-13H2,1H3,(H,33,34,35)/t17-,24+/m1/s1. The summed E-state index contributed by atoms with van der Waals surface area (Å²) in [6.45, 7) is 0.875. The van der Waals surface area contributed by atoms with E-state index < -0.39 is 17.6 Å². The van der Waals surface area contributed by atoms with Crippen molar-refractivity contribution < 1.29 is 22.4 Å². The largest absolute Gasteiger partial charge is 0.419 e. The van der Waals surface area contributed by atoms with Crippen LogP contribution in [0.2, 0.25) is 10.0 Å². The number of amides is 1. The molecular formula is C26H21Cl2F4N5O. The fraction of sp³-hybridized carbons (Fsp3) is 0.269. The summed E-state index contributed by atoms with van der Waals surface area (Å²) in [7, 11) is 1.79. The first-order valence-corrected chi connectivity index (χ1v) is 12.4. The molecule has 1 aromatic heterocycles. The van der Waals surface area contributed by atoms with Crippen LogP contribution in [0.25, 0.3) is 11.0 Å². The van der Waals surface area contributed by atoms with Gasteiger partial charge in [0.05, 0.1) is 21.1 Å². The number of fused-ring (bicyclic) bond motifs is 1. The molecule has 0 aliphatic carbocycles. The molecule has 1 aliphatic heterocycles. The third-order valence-corrected chi connectivity index (χ3v) is 7.60. The van der Waals surface area contributed by atoms with Crippen molar-refractivity contribution in [2.45, 2.75) is 24.7 Å². The van der Waals surface area contributed by atoms with Crippen LogP contribution in [0.1, 0.15) is 33.0 Å². The molecule has 0 bridgehead atoms. The predicted molar refractivity (Wildman–Crippen MR) is 136 cm³/mol. The van der Waals surface area contributed by atoms with Crippen molar-refractivity contribution in [2.75, 3.05) is 20.1 Å². The first kappa shape index (κ1) is 26.4. The van der Waals surface area contributed by atoms with Crippen LogP contribution < -0.4 is 0 Å². The van der Waals surface area contributed by atoms with E-state index in [1.165, 1.54) is 6.07 Å². The number of hydrogen-bond acceptors (Lipinski definition) is 4. The van der Waals surface area contributed by atoms with Crippen molar-refractivity contribution in [3.05, 3.63) is 92.7 Å². The molecule has 0 saturated carbocycles. The zero-order chi connectivity index (χ0) is 27.2. The van der Waals surface area contributed by atoms with Crippen molar-refractivity contribution in [1.29, 1.82) is 0 Å². The SMILES string of the molecule is CN(Cc1ccc(C(F)(F)F)c(F)c1)[C@H]1CN(C(=O)c2ccc3nn[nH]c3c2)C[C@@H]1c1ccc(Cl)c(Cl)c1. The summed E-state index contributed by atoms with van der Waals surface area (Å²) in [5, 5.41) is 11.2. The van der Waals surface area contributed by atoms with Gasteiger partial charge in [-0.15, -0.1) is 5.10 Å². The second-order valence-corrected chi connectivity index (χ2v) is 10.1. The number of H-pyrrole nitrogens is 1. The van der Waals surface area contributed by atoms with Crippen molar-refractivity contribution in [3.8, 4) is 0 Å². The van der Waals surface area contributed by atoms with Gasteiger partial charge in [0, 0.05) is 37.2 Å². The fourth-order valence-electron chi connectivity index (χ4n) is 4.92. The van der Waals surface area contributed by atoms with Crippen LogP contribution >= 0.6 is 23.2 Å². The van der Waals surface area contributed by atoms with Gasteiger partial charge in [-0.25, -0.2) is 4.39 Å². The number of aromatic amines is 1. The first-order valence-electron chi connectivity index (χ1n) is 11.6. The van der Waals surface area contributed by atoms with Crippen LogP contribution in [0.3, 0.4) is 0 Å². The second kappa shape index (κ2) is 10.2. The van der Waals surface area contributed by atoms with Crippen LogP contribution in [0.15, 0.2) is 54.6 Å². The molecule has 1 saturated heterocycles. The van der Waals surface area contributed by atoms with E-state index >= 15 is 0 Å². The maximum Gasteiger partial charge on any atom is 0.419 e. The molecule has 2 heterocycles. The van der Waals surface area contributed by atoms with Gasteiger partial charge in [0.15, 0.2) is 0 Å². The first-order chi connectivity index (χ1) is 18.0. The van der Waals surface area contributed by atoms with Gasteiger partial charge in [0.25, 0.3) is 5.91 Å². The lowest BCUT2D eigenvalue weighted by Crippen LogP contribution is -2.38. The Morgan fingerprint density at radius 1 is 1.08 bits per heavy atom. The van der Waals surface area contributed by atoms with Crippen LogP contribution in [0.4, 0.5) is 17.6 Å². The third-order valence-electron chi connectivity index (χ3n) is 6.86. The van der Waals surface area contributed by atoms with E-state index in [4.69, 9.17) is 23.2 Å². The summed E-state index contributed by atoms with van der Waals surface area (Å²) < 4.78 is 53.2. The van der Waals surface area contributed by atoms with E-state index in [2.05, 4.69) is 15.4 Å². The highest BCUT2D eigenvalue weighted by atomic mass is 35.5. The molecule has 0 spiro atoms. The topological polar surface area (TPSA) is 65.1 Å². The van der Waals surface area contributed by atoms with Crippen LogP contribution in [-0.2, 0) is 12.7 Å². The quantitative estimate of drug-likeness (QED) is 0.294. The lowest BCUT2D eigenvalue weighted by Gasteiger charge is -2.29. The lowest BCUT2D eigenvalue weighted by atomic mass is 9.93. The molecule has 0 unspecified atom stereocenters. The minimum atomic E-state index is -4.77. The van der Waals surface area contributed by atoms with Gasteiger partial charge in [-0.05, 0) is 60.6 Å². The van der Waals surface area contributed by atoms with Gasteiger partial charge < -0.3 is 4.90 Å². The Balaban J connectivity index is 1.42. The van der Waals surface area contributed by atoms with Crippen molar-refractivity contribution in [1.82, 2.24) is 25.2 Å². The average Bonchev–Trinajstić information content (AvgIpc) is 3.51. The van der Waals surface area contributed by atoms with E-state index in [9.17, 15) is 22.4 Å². The zero-order valence-corrected chi connectivity index (χ0v) is 21.4. The molecule has 198 valence electrons. The van der Waals surface area contributed by atoms with Crippen LogP contribution in [0, 0.1) is 5.82 Å². The molecule has 0 radical (unpaired) electrons. The Bertz CT molecular complexity index is 1510. The van der Waals surface area contributed by atoms with E-state index in [0.29, 0.717) is 45.3 Å². The molecular weight excluding hydrogens is 545 g/mol. The molecule has 2 atom stereocenters. The van der Waals surface area contributed by atoms with Crippen LogP contribution in [-0.4, -0.2) is 57.3 Å². The van der Waals surface area contributed by atoms with Gasteiger partial charge in [-0.2, -0.15) is 13.2 Å². The number of hydrogen-bond donors (Lipinski definition) is 1. The Kier molecular flexibility index (Phi) is 7.06. The molecule has 1 fully saturated rings. The highest BCUT2D eigenvalue weighted by Gasteiger charge is 2.39. The van der Waals surface area contributed by atoms with Crippen molar-refractivity contribution >= 4 is 40.1 Å². The number of rotatable bonds is 5. The summed E-state index contributed by atoms with van der Waals surface area (Å²) in [5.41, 5.74) is 1.67. The average molecular weight is 566 g/mol. The minimum absolute atomic E-state index is 0.172. The monoisotopic (exact) mass is 565 g/mol. The third kappa shape index (κ3) is 5.21. The minimum Gasteiger partial charge on any atom is -0.336 e. The van der Waals surface area contributed by atoms with Crippen molar-refractivity contribution in [2.24, 2.45) is 0 Å². The summed E-state index contributed by atoms with van der Waals surface area (Å²) in [4.78, 5) is 17.1. The molecule has 5 rings (SSSR count). The summed E-state index contributed by atoms with van der Waals surface area (Å²) in [6, 6.07) is 13.0. The number of nitrogens with zero attached hydrogens (tertiary/aromatic N) is 4. The van der Waals surface area contributed by atoms with Crippen LogP contribution in [0.5, 0.6) is 0 Å². The van der Waals surface area contributed by atoms with Gasteiger partial charge in [-0.3, -0.25) is 14.8 Å². The number of nitrogens with one attached hydrogen (secondary N) is 1. The summed E-state index contributed by atoms with van der Waals surface area (Å²) in [6.07, 6.45) is -4.77. The molecule has 3 aromatic carbocycles. The van der Waals surface area contributed by atoms with Crippen molar-refractivity contribution in [3.63, 3.8) is 0 Å². The van der Waals surface area contributed by atoms with E-state index in [1.54, 1.807) is 42.3 Å². The number of likely N-dealkylation sites (N-methyl/N-ethyl adjacent to an activating group) is 1. The maximum atomic E-state index is 14.2. The molecule has 12 heteroatoms. The number of halogens is 6. The number of carbonyl (C=O) groups excluding carboxylic acids is 1. The van der Waals surface area contributed by atoms with E-state index in [-0.39, 0.29) is 24.4 Å². The molecule has 1 aliphatic rings. The maximum absolute atomic E-state index is 14.2.